The first-order chi connectivity index (χ1) is 8.49. The lowest BCUT2D eigenvalue weighted by Crippen LogP contribution is -2.46. The molecule has 3 nitrogen and oxygen atoms in total. The maximum atomic E-state index is 3.53. The lowest BCUT2D eigenvalue weighted by atomic mass is 10.0. The zero-order valence-electron chi connectivity index (χ0n) is 11.7. The van der Waals surface area contributed by atoms with Crippen LogP contribution in [0.2, 0.25) is 0 Å². The fraction of sp³-hybridized carbons (Fsp3) is 0.467. The SMILES string of the molecule is CN(C)C(C)(C)CNCc1ccc2[nH]ccc2c1. The van der Waals surface area contributed by atoms with Crippen LogP contribution in [0.4, 0.5) is 0 Å². The summed E-state index contributed by atoms with van der Waals surface area (Å²) in [6, 6.07) is 8.67. The minimum Gasteiger partial charge on any atom is -0.361 e. The van der Waals surface area contributed by atoms with Crippen LogP contribution in [0.5, 0.6) is 0 Å². The number of fused-ring (bicyclic) bond motifs is 1. The second kappa shape index (κ2) is 5.12. The summed E-state index contributed by atoms with van der Waals surface area (Å²) in [5.74, 6) is 0. The fourth-order valence-electron chi connectivity index (χ4n) is 1.88. The van der Waals surface area contributed by atoms with Gasteiger partial charge in [-0.05, 0) is 57.1 Å². The van der Waals surface area contributed by atoms with Gasteiger partial charge in [0.05, 0.1) is 0 Å². The molecule has 2 N–H and O–H groups in total. The van der Waals surface area contributed by atoms with Crippen LogP contribution in [-0.2, 0) is 6.54 Å². The highest BCUT2D eigenvalue weighted by molar-refractivity contribution is 5.79. The van der Waals surface area contributed by atoms with Crippen molar-refractivity contribution in [1.29, 1.82) is 0 Å². The average molecular weight is 245 g/mol. The number of aromatic amines is 1. The Morgan fingerprint density at radius 1 is 1.22 bits per heavy atom. The van der Waals surface area contributed by atoms with Crippen molar-refractivity contribution in [3.05, 3.63) is 36.0 Å². The van der Waals surface area contributed by atoms with Crippen LogP contribution in [0.25, 0.3) is 10.9 Å². The summed E-state index contributed by atoms with van der Waals surface area (Å²) in [6.45, 7) is 6.38. The molecule has 0 bridgehead atoms. The first-order valence-electron chi connectivity index (χ1n) is 6.43. The Kier molecular flexibility index (Phi) is 3.73. The molecule has 0 radical (unpaired) electrons. The molecule has 0 aliphatic heterocycles. The van der Waals surface area contributed by atoms with Gasteiger partial charge in [-0.15, -0.1) is 0 Å². The van der Waals surface area contributed by atoms with E-state index in [2.05, 4.69) is 67.4 Å². The zero-order valence-corrected chi connectivity index (χ0v) is 11.7. The second-order valence-electron chi connectivity index (χ2n) is 5.71. The van der Waals surface area contributed by atoms with E-state index in [1.165, 1.54) is 16.5 Å². The second-order valence-corrected chi connectivity index (χ2v) is 5.71. The molecule has 0 spiro atoms. The van der Waals surface area contributed by atoms with E-state index >= 15 is 0 Å². The van der Waals surface area contributed by atoms with Crippen molar-refractivity contribution in [1.82, 2.24) is 15.2 Å². The molecular formula is C15H23N3. The molecule has 18 heavy (non-hydrogen) atoms. The number of hydrogen-bond donors (Lipinski definition) is 2. The predicted molar refractivity (Wildman–Crippen MR) is 77.8 cm³/mol. The highest BCUT2D eigenvalue weighted by Gasteiger charge is 2.19. The monoisotopic (exact) mass is 245 g/mol. The molecule has 0 amide bonds. The van der Waals surface area contributed by atoms with Gasteiger partial charge >= 0.3 is 0 Å². The lowest BCUT2D eigenvalue weighted by Gasteiger charge is -2.32. The third kappa shape index (κ3) is 2.92. The molecule has 0 saturated carbocycles. The van der Waals surface area contributed by atoms with Gasteiger partial charge in [0.15, 0.2) is 0 Å². The number of H-pyrrole nitrogens is 1. The Morgan fingerprint density at radius 3 is 2.72 bits per heavy atom. The summed E-state index contributed by atoms with van der Waals surface area (Å²) < 4.78 is 0. The van der Waals surface area contributed by atoms with Gasteiger partial charge < -0.3 is 15.2 Å². The predicted octanol–water partition coefficient (Wildman–Crippen LogP) is 2.60. The molecule has 1 heterocycles. The highest BCUT2D eigenvalue weighted by atomic mass is 15.2. The van der Waals surface area contributed by atoms with E-state index in [0.717, 1.165) is 13.1 Å². The summed E-state index contributed by atoms with van der Waals surface area (Å²) in [6.07, 6.45) is 1.98. The summed E-state index contributed by atoms with van der Waals surface area (Å²) >= 11 is 0. The fourth-order valence-corrected chi connectivity index (χ4v) is 1.88. The molecule has 2 rings (SSSR count). The van der Waals surface area contributed by atoms with E-state index in [9.17, 15) is 0 Å². The molecule has 1 aromatic carbocycles. The molecule has 1 aromatic heterocycles. The Balaban J connectivity index is 1.94. The Bertz CT molecular complexity index is 511. The summed E-state index contributed by atoms with van der Waals surface area (Å²) in [7, 11) is 4.24. The number of benzene rings is 1. The number of hydrogen-bond acceptors (Lipinski definition) is 2. The van der Waals surface area contributed by atoms with Crippen molar-refractivity contribution in [3.8, 4) is 0 Å². The Morgan fingerprint density at radius 2 is 2.00 bits per heavy atom. The number of likely N-dealkylation sites (N-methyl/N-ethyl adjacent to an activating group) is 1. The minimum absolute atomic E-state index is 0.179. The van der Waals surface area contributed by atoms with E-state index < -0.39 is 0 Å². The third-order valence-corrected chi connectivity index (χ3v) is 3.72. The number of aromatic nitrogens is 1. The smallest absolute Gasteiger partial charge is 0.0454 e. The molecule has 0 fully saturated rings. The van der Waals surface area contributed by atoms with Crippen molar-refractivity contribution in [2.24, 2.45) is 0 Å². The van der Waals surface area contributed by atoms with Crippen LogP contribution < -0.4 is 5.32 Å². The molecule has 0 aliphatic rings. The van der Waals surface area contributed by atoms with E-state index in [1.807, 2.05) is 6.20 Å². The third-order valence-electron chi connectivity index (χ3n) is 3.72. The van der Waals surface area contributed by atoms with Gasteiger partial charge in [-0.1, -0.05) is 6.07 Å². The first kappa shape index (κ1) is 13.1. The van der Waals surface area contributed by atoms with Gasteiger partial charge in [-0.3, -0.25) is 0 Å². The molecule has 2 aromatic rings. The summed E-state index contributed by atoms with van der Waals surface area (Å²) in [5.41, 5.74) is 2.71. The standard InChI is InChI=1S/C15H23N3/c1-15(2,18(3)4)11-16-10-12-5-6-14-13(9-12)7-8-17-14/h5-9,16-17H,10-11H2,1-4H3. The van der Waals surface area contributed by atoms with Gasteiger partial charge in [0.1, 0.15) is 0 Å². The zero-order chi connectivity index (χ0) is 13.2. The Hall–Kier alpha value is -1.32. The van der Waals surface area contributed by atoms with Crippen LogP contribution in [-0.4, -0.2) is 36.1 Å². The summed E-state index contributed by atoms with van der Waals surface area (Å²) in [4.78, 5) is 5.46. The van der Waals surface area contributed by atoms with Crippen molar-refractivity contribution < 1.29 is 0 Å². The van der Waals surface area contributed by atoms with E-state index in [-0.39, 0.29) is 5.54 Å². The number of nitrogens with one attached hydrogen (secondary N) is 2. The van der Waals surface area contributed by atoms with Crippen LogP contribution in [0.3, 0.4) is 0 Å². The molecule has 0 unspecified atom stereocenters. The summed E-state index contributed by atoms with van der Waals surface area (Å²) in [5, 5.41) is 4.81. The van der Waals surface area contributed by atoms with E-state index in [0.29, 0.717) is 0 Å². The van der Waals surface area contributed by atoms with Gasteiger partial charge in [0, 0.05) is 30.3 Å². The van der Waals surface area contributed by atoms with Gasteiger partial charge in [0.2, 0.25) is 0 Å². The van der Waals surface area contributed by atoms with E-state index in [1.54, 1.807) is 0 Å². The Labute approximate surface area is 109 Å². The maximum absolute atomic E-state index is 3.53. The average Bonchev–Trinajstić information content (AvgIpc) is 2.75. The number of rotatable bonds is 5. The van der Waals surface area contributed by atoms with Crippen LogP contribution in [0.1, 0.15) is 19.4 Å². The quantitative estimate of drug-likeness (QED) is 0.848. The van der Waals surface area contributed by atoms with Crippen LogP contribution in [0.15, 0.2) is 30.5 Å². The normalized spacial score (nSPS) is 12.5. The van der Waals surface area contributed by atoms with Gasteiger partial charge in [-0.25, -0.2) is 0 Å². The molecule has 3 heteroatoms. The first-order valence-corrected chi connectivity index (χ1v) is 6.43. The lowest BCUT2D eigenvalue weighted by molar-refractivity contribution is 0.190. The van der Waals surface area contributed by atoms with Crippen LogP contribution in [0, 0.1) is 0 Å². The minimum atomic E-state index is 0.179. The van der Waals surface area contributed by atoms with Gasteiger partial charge in [-0.2, -0.15) is 0 Å². The molecule has 0 saturated heterocycles. The van der Waals surface area contributed by atoms with Crippen molar-refractivity contribution in [3.63, 3.8) is 0 Å². The van der Waals surface area contributed by atoms with E-state index in [4.69, 9.17) is 0 Å². The van der Waals surface area contributed by atoms with Crippen molar-refractivity contribution >= 4 is 10.9 Å². The van der Waals surface area contributed by atoms with Gasteiger partial charge in [0.25, 0.3) is 0 Å². The van der Waals surface area contributed by atoms with Crippen molar-refractivity contribution in [2.75, 3.05) is 20.6 Å². The number of nitrogens with zero attached hydrogens (tertiary/aromatic N) is 1. The highest BCUT2D eigenvalue weighted by Crippen LogP contribution is 2.14. The van der Waals surface area contributed by atoms with Crippen molar-refractivity contribution in [2.45, 2.75) is 25.9 Å². The molecule has 0 atom stereocenters. The maximum Gasteiger partial charge on any atom is 0.0454 e. The molecular weight excluding hydrogens is 222 g/mol. The topological polar surface area (TPSA) is 31.1 Å². The largest absolute Gasteiger partial charge is 0.361 e. The van der Waals surface area contributed by atoms with Crippen LogP contribution >= 0.6 is 0 Å². The molecule has 98 valence electrons. The molecule has 0 aliphatic carbocycles.